The molecule has 2 fully saturated rings. The van der Waals surface area contributed by atoms with Crippen molar-refractivity contribution in [3.05, 3.63) is 36.0 Å². The van der Waals surface area contributed by atoms with E-state index in [-0.39, 0.29) is 5.91 Å². The maximum atomic E-state index is 13.1. The molecule has 2 aliphatic rings. The van der Waals surface area contributed by atoms with Crippen LogP contribution in [0.4, 0.5) is 0 Å². The summed E-state index contributed by atoms with van der Waals surface area (Å²) >= 11 is 0. The second-order valence-corrected chi connectivity index (χ2v) is 8.46. The second-order valence-electron chi connectivity index (χ2n) is 8.46. The van der Waals surface area contributed by atoms with Gasteiger partial charge >= 0.3 is 0 Å². The summed E-state index contributed by atoms with van der Waals surface area (Å²) in [6.07, 6.45) is 8.55. The number of hydrogen-bond donors (Lipinski definition) is 0. The zero-order chi connectivity index (χ0) is 19.5. The van der Waals surface area contributed by atoms with Crippen LogP contribution in [-0.4, -0.2) is 66.7 Å². The van der Waals surface area contributed by atoms with E-state index in [0.717, 1.165) is 24.2 Å². The number of methoxy groups -OCH3 is 1. The molecule has 28 heavy (non-hydrogen) atoms. The van der Waals surface area contributed by atoms with Crippen LogP contribution in [0.25, 0.3) is 10.9 Å². The molecule has 1 amide bonds. The number of amides is 1. The highest BCUT2D eigenvalue weighted by Crippen LogP contribution is 2.31. The average molecular weight is 384 g/mol. The SMILES string of the molecule is COCCn1ccc2ccc(C(=O)N(C)CC3CCCN4CCCCC34)cc21. The number of carbonyl (C=O) groups excluding carboxylic acids is 1. The van der Waals surface area contributed by atoms with Gasteiger partial charge in [0.05, 0.1) is 6.61 Å². The molecule has 0 bridgehead atoms. The van der Waals surface area contributed by atoms with E-state index >= 15 is 0 Å². The van der Waals surface area contributed by atoms with E-state index in [4.69, 9.17) is 4.74 Å². The van der Waals surface area contributed by atoms with E-state index in [1.807, 2.05) is 24.1 Å². The minimum Gasteiger partial charge on any atom is -0.383 e. The van der Waals surface area contributed by atoms with Gasteiger partial charge < -0.3 is 19.1 Å². The van der Waals surface area contributed by atoms with Crippen LogP contribution in [0.15, 0.2) is 30.5 Å². The third-order valence-corrected chi connectivity index (χ3v) is 6.64. The Hall–Kier alpha value is -1.85. The summed E-state index contributed by atoms with van der Waals surface area (Å²) in [5.41, 5.74) is 1.89. The largest absolute Gasteiger partial charge is 0.383 e. The summed E-state index contributed by atoms with van der Waals surface area (Å²) < 4.78 is 7.37. The first-order chi connectivity index (χ1) is 13.7. The highest BCUT2D eigenvalue weighted by Gasteiger charge is 2.34. The lowest BCUT2D eigenvalue weighted by Crippen LogP contribution is -2.51. The van der Waals surface area contributed by atoms with E-state index in [9.17, 15) is 4.79 Å². The van der Waals surface area contributed by atoms with Crippen molar-refractivity contribution < 1.29 is 9.53 Å². The van der Waals surface area contributed by atoms with Crippen LogP contribution < -0.4 is 0 Å². The van der Waals surface area contributed by atoms with E-state index in [2.05, 4.69) is 27.8 Å². The molecule has 1 aromatic heterocycles. The van der Waals surface area contributed by atoms with E-state index in [1.54, 1.807) is 7.11 Å². The third-order valence-electron chi connectivity index (χ3n) is 6.64. The van der Waals surface area contributed by atoms with E-state index < -0.39 is 0 Å². The molecule has 0 radical (unpaired) electrons. The van der Waals surface area contributed by atoms with Crippen molar-refractivity contribution >= 4 is 16.8 Å². The molecule has 2 unspecified atom stereocenters. The topological polar surface area (TPSA) is 37.7 Å². The minimum absolute atomic E-state index is 0.134. The van der Waals surface area contributed by atoms with Gasteiger partial charge in [-0.15, -0.1) is 0 Å². The number of rotatable bonds is 6. The lowest BCUT2D eigenvalue weighted by Gasteiger charge is -2.45. The van der Waals surface area contributed by atoms with Gasteiger partial charge in [-0.3, -0.25) is 4.79 Å². The molecule has 5 heteroatoms. The van der Waals surface area contributed by atoms with Crippen LogP contribution in [-0.2, 0) is 11.3 Å². The van der Waals surface area contributed by atoms with Crippen LogP contribution in [0.2, 0.25) is 0 Å². The number of carbonyl (C=O) groups is 1. The van der Waals surface area contributed by atoms with Crippen molar-refractivity contribution in [3.63, 3.8) is 0 Å². The zero-order valence-electron chi connectivity index (χ0n) is 17.3. The first-order valence-corrected chi connectivity index (χ1v) is 10.7. The highest BCUT2D eigenvalue weighted by molar-refractivity contribution is 5.98. The van der Waals surface area contributed by atoms with Gasteiger partial charge in [0.15, 0.2) is 0 Å². The summed E-state index contributed by atoms with van der Waals surface area (Å²) in [7, 11) is 3.69. The van der Waals surface area contributed by atoms with Gasteiger partial charge in [-0.1, -0.05) is 12.5 Å². The number of ether oxygens (including phenoxy) is 1. The van der Waals surface area contributed by atoms with E-state index in [0.29, 0.717) is 18.6 Å². The number of piperidine rings is 2. The summed E-state index contributed by atoms with van der Waals surface area (Å²) in [6, 6.07) is 8.84. The Morgan fingerprint density at radius 1 is 1.18 bits per heavy atom. The van der Waals surface area contributed by atoms with Gasteiger partial charge in [-0.25, -0.2) is 0 Å². The molecule has 4 rings (SSSR count). The molecule has 2 saturated heterocycles. The van der Waals surface area contributed by atoms with Crippen LogP contribution >= 0.6 is 0 Å². The Morgan fingerprint density at radius 3 is 2.89 bits per heavy atom. The fourth-order valence-corrected chi connectivity index (χ4v) is 5.15. The second kappa shape index (κ2) is 8.66. The monoisotopic (exact) mass is 383 g/mol. The number of benzene rings is 1. The Morgan fingerprint density at radius 2 is 2.04 bits per heavy atom. The molecular weight excluding hydrogens is 350 g/mol. The van der Waals surface area contributed by atoms with Crippen LogP contribution in [0.5, 0.6) is 0 Å². The molecule has 2 atom stereocenters. The average Bonchev–Trinajstić information content (AvgIpc) is 3.14. The summed E-state index contributed by atoms with van der Waals surface area (Å²) in [6.45, 7) is 4.82. The molecule has 2 aliphatic heterocycles. The lowest BCUT2D eigenvalue weighted by molar-refractivity contribution is 0.0403. The molecule has 0 saturated carbocycles. The zero-order valence-corrected chi connectivity index (χ0v) is 17.3. The molecule has 1 aromatic carbocycles. The molecule has 3 heterocycles. The summed E-state index contributed by atoms with van der Waals surface area (Å²) in [5.74, 6) is 0.742. The lowest BCUT2D eigenvalue weighted by atomic mass is 9.83. The molecule has 0 spiro atoms. The predicted molar refractivity (Wildman–Crippen MR) is 113 cm³/mol. The maximum Gasteiger partial charge on any atom is 0.253 e. The normalized spacial score (nSPS) is 22.9. The van der Waals surface area contributed by atoms with Crippen molar-refractivity contribution in [1.82, 2.24) is 14.4 Å². The minimum atomic E-state index is 0.134. The molecule has 0 N–H and O–H groups in total. The van der Waals surface area contributed by atoms with Crippen LogP contribution in [0.3, 0.4) is 0 Å². The Bertz CT molecular complexity index is 813. The van der Waals surface area contributed by atoms with Crippen molar-refractivity contribution in [2.45, 2.75) is 44.7 Å². The maximum absolute atomic E-state index is 13.1. The van der Waals surface area contributed by atoms with Gasteiger partial charge in [0.1, 0.15) is 0 Å². The van der Waals surface area contributed by atoms with E-state index in [1.165, 1.54) is 50.6 Å². The predicted octanol–water partition coefficient (Wildman–Crippen LogP) is 3.62. The Labute approximate surface area is 168 Å². The van der Waals surface area contributed by atoms with Gasteiger partial charge in [0, 0.05) is 50.6 Å². The van der Waals surface area contributed by atoms with Crippen molar-refractivity contribution in [2.24, 2.45) is 5.92 Å². The first-order valence-electron chi connectivity index (χ1n) is 10.7. The Balaban J connectivity index is 1.47. The smallest absolute Gasteiger partial charge is 0.253 e. The molecular formula is C23H33N3O2. The summed E-state index contributed by atoms with van der Waals surface area (Å²) in [5, 5.41) is 1.17. The standard InChI is InChI=1S/C23H33N3O2/c1-24(17-20-6-5-12-25-11-4-3-7-21(20)25)23(27)19-9-8-18-10-13-26(14-15-28-2)22(18)16-19/h8-10,13,16,20-21H,3-7,11-12,14-15,17H2,1-2H3. The van der Waals surface area contributed by atoms with Gasteiger partial charge in [-0.05, 0) is 68.3 Å². The quantitative estimate of drug-likeness (QED) is 0.765. The number of fused-ring (bicyclic) bond motifs is 2. The van der Waals surface area contributed by atoms with Gasteiger partial charge in [0.2, 0.25) is 0 Å². The number of hydrogen-bond acceptors (Lipinski definition) is 3. The summed E-state index contributed by atoms with van der Waals surface area (Å²) in [4.78, 5) is 17.8. The van der Waals surface area contributed by atoms with Crippen molar-refractivity contribution in [2.75, 3.05) is 40.4 Å². The van der Waals surface area contributed by atoms with Crippen LogP contribution in [0, 0.1) is 5.92 Å². The fraction of sp³-hybridized carbons (Fsp3) is 0.609. The fourth-order valence-electron chi connectivity index (χ4n) is 5.15. The van der Waals surface area contributed by atoms with Crippen molar-refractivity contribution in [3.8, 4) is 0 Å². The van der Waals surface area contributed by atoms with Crippen molar-refractivity contribution in [1.29, 1.82) is 0 Å². The Kier molecular flexibility index (Phi) is 6.02. The molecule has 152 valence electrons. The molecule has 0 aliphatic carbocycles. The first kappa shape index (κ1) is 19.5. The van der Waals surface area contributed by atoms with Gasteiger partial charge in [0.25, 0.3) is 5.91 Å². The number of aromatic nitrogens is 1. The molecule has 2 aromatic rings. The van der Waals surface area contributed by atoms with Crippen LogP contribution in [0.1, 0.15) is 42.5 Å². The van der Waals surface area contributed by atoms with Gasteiger partial charge in [-0.2, -0.15) is 0 Å². The molecule has 5 nitrogen and oxygen atoms in total. The highest BCUT2D eigenvalue weighted by atomic mass is 16.5. The third kappa shape index (κ3) is 3.96. The number of nitrogens with zero attached hydrogens (tertiary/aromatic N) is 3.